The zero-order valence-electron chi connectivity index (χ0n) is 17.7. The number of fused-ring (bicyclic) bond motifs is 1. The second kappa shape index (κ2) is 9.58. The molecule has 2 aliphatic rings. The third-order valence-electron chi connectivity index (χ3n) is 5.89. The van der Waals surface area contributed by atoms with E-state index in [-0.39, 0.29) is 12.1 Å². The first-order valence-electron chi connectivity index (χ1n) is 10.9. The quantitative estimate of drug-likeness (QED) is 0.565. The van der Waals surface area contributed by atoms with Gasteiger partial charge in [0.2, 0.25) is 0 Å². The molecule has 6 nitrogen and oxygen atoms in total. The Labute approximate surface area is 196 Å². The van der Waals surface area contributed by atoms with Crippen LogP contribution in [-0.2, 0) is 4.74 Å². The van der Waals surface area contributed by atoms with Crippen molar-refractivity contribution in [2.45, 2.75) is 12.6 Å². The summed E-state index contributed by atoms with van der Waals surface area (Å²) in [7, 11) is 0. The monoisotopic (exact) mass is 468 g/mol. The van der Waals surface area contributed by atoms with Crippen LogP contribution in [0.5, 0.6) is 0 Å². The van der Waals surface area contributed by atoms with Crippen LogP contribution in [0.2, 0.25) is 5.02 Å². The van der Waals surface area contributed by atoms with Crippen LogP contribution in [0, 0.1) is 0 Å². The van der Waals surface area contributed by atoms with Crippen LogP contribution in [0.4, 0.5) is 5.69 Å². The Morgan fingerprint density at radius 3 is 2.69 bits per heavy atom. The van der Waals surface area contributed by atoms with E-state index in [1.54, 1.807) is 11.3 Å². The van der Waals surface area contributed by atoms with Crippen LogP contribution in [-0.4, -0.2) is 60.1 Å². The molecule has 3 heterocycles. The minimum atomic E-state index is -0.292. The summed E-state index contributed by atoms with van der Waals surface area (Å²) >= 11 is 7.61. The number of benzene rings is 2. The van der Waals surface area contributed by atoms with Crippen molar-refractivity contribution in [1.29, 1.82) is 0 Å². The molecular weight excluding hydrogens is 444 g/mol. The SMILES string of the molecule is O=C1c2ccccc2NC(c2csc(-c3ccc(Cl)cc3)n2)N1CCCN1CCOCC1. The Kier molecular flexibility index (Phi) is 6.41. The van der Waals surface area contributed by atoms with Crippen LogP contribution in [0.3, 0.4) is 0 Å². The summed E-state index contributed by atoms with van der Waals surface area (Å²) in [6.07, 6.45) is 0.611. The molecule has 3 aromatic rings. The number of aromatic nitrogens is 1. The fourth-order valence-electron chi connectivity index (χ4n) is 4.18. The molecule has 8 heteroatoms. The maximum atomic E-state index is 13.4. The number of nitrogens with zero attached hydrogens (tertiary/aromatic N) is 3. The highest BCUT2D eigenvalue weighted by Gasteiger charge is 2.34. The average Bonchev–Trinajstić information content (AvgIpc) is 3.32. The maximum Gasteiger partial charge on any atom is 0.257 e. The molecule has 32 heavy (non-hydrogen) atoms. The molecule has 1 N–H and O–H groups in total. The first-order valence-corrected chi connectivity index (χ1v) is 12.1. The van der Waals surface area contributed by atoms with E-state index in [1.807, 2.05) is 58.8 Å². The summed E-state index contributed by atoms with van der Waals surface area (Å²) in [6, 6.07) is 15.4. The zero-order chi connectivity index (χ0) is 21.9. The summed E-state index contributed by atoms with van der Waals surface area (Å²) < 4.78 is 5.44. The molecule has 1 aromatic heterocycles. The molecule has 1 amide bonds. The van der Waals surface area contributed by atoms with E-state index in [0.29, 0.717) is 17.1 Å². The summed E-state index contributed by atoms with van der Waals surface area (Å²) in [4.78, 5) is 22.6. The van der Waals surface area contributed by atoms with Gasteiger partial charge >= 0.3 is 0 Å². The van der Waals surface area contributed by atoms with Gasteiger partial charge < -0.3 is 15.0 Å². The molecule has 1 atom stereocenters. The highest BCUT2D eigenvalue weighted by Crippen LogP contribution is 2.35. The molecule has 2 aliphatic heterocycles. The van der Waals surface area contributed by atoms with Crippen LogP contribution >= 0.6 is 22.9 Å². The van der Waals surface area contributed by atoms with Gasteiger partial charge in [-0.3, -0.25) is 9.69 Å². The first-order chi connectivity index (χ1) is 15.7. The summed E-state index contributed by atoms with van der Waals surface area (Å²) in [5.74, 6) is 0.0485. The number of halogens is 1. The van der Waals surface area contributed by atoms with Crippen molar-refractivity contribution in [1.82, 2.24) is 14.8 Å². The summed E-state index contributed by atoms with van der Waals surface area (Å²) in [5, 5.41) is 7.21. The summed E-state index contributed by atoms with van der Waals surface area (Å²) in [5.41, 5.74) is 3.44. The second-order valence-corrected chi connectivity index (χ2v) is 9.28. The number of amides is 1. The van der Waals surface area contributed by atoms with Crippen molar-refractivity contribution in [2.75, 3.05) is 44.7 Å². The Morgan fingerprint density at radius 2 is 1.88 bits per heavy atom. The van der Waals surface area contributed by atoms with Gasteiger partial charge in [-0.25, -0.2) is 4.98 Å². The normalized spacial score (nSPS) is 19.0. The average molecular weight is 469 g/mol. The lowest BCUT2D eigenvalue weighted by atomic mass is 10.1. The van der Waals surface area contributed by atoms with Crippen molar-refractivity contribution in [3.63, 3.8) is 0 Å². The minimum absolute atomic E-state index is 0.0485. The van der Waals surface area contributed by atoms with Gasteiger partial charge in [0, 0.05) is 47.8 Å². The molecule has 0 spiro atoms. The fourth-order valence-corrected chi connectivity index (χ4v) is 5.15. The number of nitrogens with one attached hydrogen (secondary N) is 1. The number of thiazole rings is 1. The van der Waals surface area contributed by atoms with E-state index in [0.717, 1.165) is 61.2 Å². The van der Waals surface area contributed by atoms with E-state index in [1.165, 1.54) is 0 Å². The molecule has 1 unspecified atom stereocenters. The first kappa shape index (κ1) is 21.4. The number of carbonyl (C=O) groups is 1. The second-order valence-electron chi connectivity index (χ2n) is 7.98. The van der Waals surface area contributed by atoms with E-state index in [2.05, 4.69) is 10.2 Å². The molecule has 1 saturated heterocycles. The number of anilines is 1. The number of carbonyl (C=O) groups excluding carboxylic acids is 1. The predicted octanol–water partition coefficient (Wildman–Crippen LogP) is 4.75. The van der Waals surface area contributed by atoms with Crippen molar-refractivity contribution >= 4 is 34.5 Å². The Hall–Kier alpha value is -2.45. The number of rotatable bonds is 6. The number of para-hydroxylation sites is 1. The van der Waals surface area contributed by atoms with Crippen molar-refractivity contribution in [3.8, 4) is 10.6 Å². The van der Waals surface area contributed by atoms with Gasteiger partial charge in [0.05, 0.1) is 24.5 Å². The molecule has 1 fully saturated rings. The lowest BCUT2D eigenvalue weighted by Gasteiger charge is -2.37. The molecule has 166 valence electrons. The number of hydrogen-bond donors (Lipinski definition) is 1. The van der Waals surface area contributed by atoms with Gasteiger partial charge in [-0.05, 0) is 30.7 Å². The van der Waals surface area contributed by atoms with E-state index >= 15 is 0 Å². The third-order valence-corrected chi connectivity index (χ3v) is 7.05. The highest BCUT2D eigenvalue weighted by atomic mass is 35.5. The molecule has 0 saturated carbocycles. The van der Waals surface area contributed by atoms with Crippen LogP contribution in [0.1, 0.15) is 28.6 Å². The number of morpholine rings is 1. The van der Waals surface area contributed by atoms with Gasteiger partial charge in [-0.1, -0.05) is 35.9 Å². The lowest BCUT2D eigenvalue weighted by Crippen LogP contribution is -2.45. The number of ether oxygens (including phenoxy) is 1. The highest BCUT2D eigenvalue weighted by molar-refractivity contribution is 7.13. The number of hydrogen-bond acceptors (Lipinski definition) is 6. The van der Waals surface area contributed by atoms with Gasteiger partial charge in [-0.15, -0.1) is 11.3 Å². The molecule has 5 rings (SSSR count). The molecular formula is C24H25ClN4O2S. The van der Waals surface area contributed by atoms with Crippen molar-refractivity contribution in [3.05, 3.63) is 70.2 Å². The molecule has 0 bridgehead atoms. The van der Waals surface area contributed by atoms with Gasteiger partial charge in [0.25, 0.3) is 5.91 Å². The Bertz CT molecular complexity index is 1080. The predicted molar refractivity (Wildman–Crippen MR) is 128 cm³/mol. The van der Waals surface area contributed by atoms with Crippen molar-refractivity contribution < 1.29 is 9.53 Å². The topological polar surface area (TPSA) is 57.7 Å². The largest absolute Gasteiger partial charge is 0.379 e. The third kappa shape index (κ3) is 4.52. The van der Waals surface area contributed by atoms with Gasteiger partial charge in [-0.2, -0.15) is 0 Å². The fraction of sp³-hybridized carbons (Fsp3) is 0.333. The van der Waals surface area contributed by atoms with Crippen molar-refractivity contribution in [2.24, 2.45) is 0 Å². The lowest BCUT2D eigenvalue weighted by molar-refractivity contribution is 0.0348. The zero-order valence-corrected chi connectivity index (χ0v) is 19.2. The van der Waals surface area contributed by atoms with Crippen LogP contribution < -0.4 is 5.32 Å². The molecule has 0 aliphatic carbocycles. The Balaban J connectivity index is 1.38. The molecule has 2 aromatic carbocycles. The van der Waals surface area contributed by atoms with E-state index in [9.17, 15) is 4.79 Å². The van der Waals surface area contributed by atoms with E-state index in [4.69, 9.17) is 21.3 Å². The molecule has 0 radical (unpaired) electrons. The Morgan fingerprint density at radius 1 is 1.09 bits per heavy atom. The van der Waals surface area contributed by atoms with Gasteiger partial charge in [0.15, 0.2) is 0 Å². The van der Waals surface area contributed by atoms with E-state index < -0.39 is 0 Å². The van der Waals surface area contributed by atoms with Crippen LogP contribution in [0.25, 0.3) is 10.6 Å². The van der Waals surface area contributed by atoms with Crippen LogP contribution in [0.15, 0.2) is 53.9 Å². The maximum absolute atomic E-state index is 13.4. The minimum Gasteiger partial charge on any atom is -0.379 e. The smallest absolute Gasteiger partial charge is 0.257 e. The van der Waals surface area contributed by atoms with Gasteiger partial charge in [0.1, 0.15) is 11.2 Å². The standard InChI is InChI=1S/C24H25ClN4O2S/c25-18-8-6-17(7-9-18)23-27-21(16-32-23)22-26-20-5-2-1-4-19(20)24(30)29(22)11-3-10-28-12-14-31-15-13-28/h1-2,4-9,16,22,26H,3,10-15H2. The summed E-state index contributed by atoms with van der Waals surface area (Å²) in [6.45, 7) is 5.09.